The molecule has 1 aliphatic heterocycles. The third kappa shape index (κ3) is 3.35. The number of rotatable bonds is 4. The number of carbonyl (C=O) groups is 2. The van der Waals surface area contributed by atoms with E-state index in [1.54, 1.807) is 12.1 Å². The van der Waals surface area contributed by atoms with Crippen LogP contribution in [0.1, 0.15) is 45.6 Å². The lowest BCUT2D eigenvalue weighted by atomic mass is 9.96. The minimum Gasteiger partial charge on any atom is -0.348 e. The van der Waals surface area contributed by atoms with Crippen molar-refractivity contribution in [1.82, 2.24) is 9.62 Å². The summed E-state index contributed by atoms with van der Waals surface area (Å²) in [5.74, 6) is -1.19. The lowest BCUT2D eigenvalue weighted by molar-refractivity contribution is -0.121. The van der Waals surface area contributed by atoms with Crippen LogP contribution in [0.5, 0.6) is 0 Å². The van der Waals surface area contributed by atoms with E-state index >= 15 is 0 Å². The van der Waals surface area contributed by atoms with Gasteiger partial charge in [-0.15, -0.1) is 0 Å². The van der Waals surface area contributed by atoms with Gasteiger partial charge in [0.05, 0.1) is 11.6 Å². The molecule has 2 aromatic carbocycles. The maximum absolute atomic E-state index is 12.5. The summed E-state index contributed by atoms with van der Waals surface area (Å²) in [6.45, 7) is 7.29. The molecule has 3 rings (SSSR count). The quantitative estimate of drug-likeness (QED) is 0.876. The van der Waals surface area contributed by atoms with Crippen LogP contribution < -0.4 is 5.32 Å². The molecule has 0 aliphatic carbocycles. The standard InChI is InChI=1S/C20H22N2O4S/c1-12-9-14(3)17(10-13(12)2)15(4)21-19(23)11-22-20(24)16-7-5-6-8-18(16)27(22,25)26/h5-10,15H,11H2,1-4H3,(H,21,23). The minimum atomic E-state index is -3.99. The monoisotopic (exact) mass is 386 g/mol. The highest BCUT2D eigenvalue weighted by Crippen LogP contribution is 2.29. The second-order valence-corrected chi connectivity index (χ2v) is 8.73. The molecule has 1 unspecified atom stereocenters. The van der Waals surface area contributed by atoms with Gasteiger partial charge in [-0.1, -0.05) is 24.3 Å². The molecular formula is C20H22N2O4S. The van der Waals surface area contributed by atoms with E-state index in [1.807, 2.05) is 33.8 Å². The fourth-order valence-electron chi connectivity index (χ4n) is 3.33. The smallest absolute Gasteiger partial charge is 0.269 e. The second-order valence-electron chi connectivity index (χ2n) is 6.90. The molecule has 2 amide bonds. The maximum atomic E-state index is 12.5. The van der Waals surface area contributed by atoms with Gasteiger partial charge in [-0.05, 0) is 62.1 Å². The molecule has 7 heteroatoms. The molecule has 27 heavy (non-hydrogen) atoms. The molecule has 0 saturated heterocycles. The molecule has 1 atom stereocenters. The Morgan fingerprint density at radius 2 is 1.70 bits per heavy atom. The molecule has 142 valence electrons. The van der Waals surface area contributed by atoms with Gasteiger partial charge in [-0.3, -0.25) is 9.59 Å². The zero-order valence-electron chi connectivity index (χ0n) is 15.7. The lowest BCUT2D eigenvalue weighted by Crippen LogP contribution is -2.41. The van der Waals surface area contributed by atoms with Crippen molar-refractivity contribution in [1.29, 1.82) is 0 Å². The summed E-state index contributed by atoms with van der Waals surface area (Å²) in [6, 6.07) is 9.75. The summed E-state index contributed by atoms with van der Waals surface area (Å²) in [5, 5.41) is 2.80. The van der Waals surface area contributed by atoms with Crippen LogP contribution in [0.2, 0.25) is 0 Å². The van der Waals surface area contributed by atoms with Crippen molar-refractivity contribution in [2.24, 2.45) is 0 Å². The predicted molar refractivity (Wildman–Crippen MR) is 102 cm³/mol. The molecule has 1 aliphatic rings. The highest BCUT2D eigenvalue weighted by molar-refractivity contribution is 7.90. The number of sulfonamides is 1. The van der Waals surface area contributed by atoms with Crippen LogP contribution in [-0.2, 0) is 14.8 Å². The average molecular weight is 386 g/mol. The number of hydrogen-bond donors (Lipinski definition) is 1. The zero-order valence-corrected chi connectivity index (χ0v) is 16.6. The van der Waals surface area contributed by atoms with Gasteiger partial charge >= 0.3 is 0 Å². The predicted octanol–water partition coefficient (Wildman–Crippen LogP) is 2.63. The summed E-state index contributed by atoms with van der Waals surface area (Å²) in [6.07, 6.45) is 0. The molecule has 2 aromatic rings. The van der Waals surface area contributed by atoms with E-state index in [1.165, 1.54) is 17.7 Å². The maximum Gasteiger partial charge on any atom is 0.269 e. The Morgan fingerprint density at radius 1 is 1.07 bits per heavy atom. The van der Waals surface area contributed by atoms with Gasteiger partial charge in [0.2, 0.25) is 5.91 Å². The summed E-state index contributed by atoms with van der Waals surface area (Å²) in [4.78, 5) is 24.8. The van der Waals surface area contributed by atoms with Crippen LogP contribution in [-0.4, -0.2) is 31.1 Å². The molecule has 0 spiro atoms. The fraction of sp³-hybridized carbons (Fsp3) is 0.300. The third-order valence-corrected chi connectivity index (χ3v) is 6.71. The summed E-state index contributed by atoms with van der Waals surface area (Å²) < 4.78 is 25.7. The van der Waals surface area contributed by atoms with Gasteiger partial charge in [0.15, 0.2) is 0 Å². The first-order chi connectivity index (χ1) is 12.6. The van der Waals surface area contributed by atoms with Gasteiger partial charge < -0.3 is 5.32 Å². The van der Waals surface area contributed by atoms with Gasteiger partial charge in [0.1, 0.15) is 11.4 Å². The molecule has 0 aromatic heterocycles. The van der Waals surface area contributed by atoms with E-state index in [9.17, 15) is 18.0 Å². The minimum absolute atomic E-state index is 0.0548. The Bertz CT molecular complexity index is 1040. The fourth-order valence-corrected chi connectivity index (χ4v) is 4.86. The Labute approximate surface area is 159 Å². The second kappa shape index (κ2) is 6.81. The molecule has 0 bridgehead atoms. The Kier molecular flexibility index (Phi) is 4.82. The number of hydrogen-bond acceptors (Lipinski definition) is 4. The number of fused-ring (bicyclic) bond motifs is 1. The normalized spacial score (nSPS) is 16.1. The van der Waals surface area contributed by atoms with Crippen LogP contribution in [0.3, 0.4) is 0 Å². The molecule has 1 heterocycles. The van der Waals surface area contributed by atoms with Crippen LogP contribution in [0.25, 0.3) is 0 Å². The Morgan fingerprint density at radius 3 is 2.37 bits per heavy atom. The van der Waals surface area contributed by atoms with Crippen molar-refractivity contribution in [3.8, 4) is 0 Å². The first-order valence-electron chi connectivity index (χ1n) is 8.66. The molecule has 0 saturated carbocycles. The van der Waals surface area contributed by atoms with Crippen LogP contribution in [0, 0.1) is 20.8 Å². The van der Waals surface area contributed by atoms with Crippen molar-refractivity contribution in [2.45, 2.75) is 38.6 Å². The SMILES string of the molecule is Cc1cc(C)c(C(C)NC(=O)CN2C(=O)c3ccccc3S2(=O)=O)cc1C. The first-order valence-corrected chi connectivity index (χ1v) is 10.1. The van der Waals surface area contributed by atoms with Crippen LogP contribution in [0.4, 0.5) is 0 Å². The van der Waals surface area contributed by atoms with Gasteiger partial charge in [0, 0.05) is 0 Å². The van der Waals surface area contributed by atoms with Crippen molar-refractivity contribution < 1.29 is 18.0 Å². The average Bonchev–Trinajstić information content (AvgIpc) is 2.79. The van der Waals surface area contributed by atoms with Crippen LogP contribution in [0.15, 0.2) is 41.3 Å². The van der Waals surface area contributed by atoms with E-state index < -0.39 is 28.4 Å². The number of amides is 2. The topological polar surface area (TPSA) is 83.6 Å². The Hall–Kier alpha value is -2.67. The highest BCUT2D eigenvalue weighted by atomic mass is 32.2. The summed E-state index contributed by atoms with van der Waals surface area (Å²) in [5.41, 5.74) is 4.39. The summed E-state index contributed by atoms with van der Waals surface area (Å²) in [7, 11) is -3.99. The van der Waals surface area contributed by atoms with E-state index in [0.29, 0.717) is 4.31 Å². The molecule has 0 fully saturated rings. The number of nitrogens with one attached hydrogen (secondary N) is 1. The van der Waals surface area contributed by atoms with Gasteiger partial charge in [-0.25, -0.2) is 12.7 Å². The number of nitrogens with zero attached hydrogens (tertiary/aromatic N) is 1. The van der Waals surface area contributed by atoms with Gasteiger partial charge in [-0.2, -0.15) is 0 Å². The van der Waals surface area contributed by atoms with Gasteiger partial charge in [0.25, 0.3) is 15.9 Å². The van der Waals surface area contributed by atoms with Crippen molar-refractivity contribution >= 4 is 21.8 Å². The lowest BCUT2D eigenvalue weighted by Gasteiger charge is -2.20. The number of carbonyl (C=O) groups excluding carboxylic acids is 2. The van der Waals surface area contributed by atoms with Crippen molar-refractivity contribution in [3.05, 3.63) is 64.2 Å². The highest BCUT2D eigenvalue weighted by Gasteiger charge is 2.41. The first kappa shape index (κ1) is 19.1. The zero-order chi connectivity index (χ0) is 19.9. The van der Waals surface area contributed by atoms with E-state index in [-0.39, 0.29) is 16.5 Å². The van der Waals surface area contributed by atoms with E-state index in [4.69, 9.17) is 0 Å². The summed E-state index contributed by atoms with van der Waals surface area (Å²) >= 11 is 0. The van der Waals surface area contributed by atoms with Crippen molar-refractivity contribution in [2.75, 3.05) is 6.54 Å². The molecule has 6 nitrogen and oxygen atoms in total. The number of aryl methyl sites for hydroxylation is 3. The largest absolute Gasteiger partial charge is 0.348 e. The molecule has 0 radical (unpaired) electrons. The molecular weight excluding hydrogens is 364 g/mol. The number of benzene rings is 2. The van der Waals surface area contributed by atoms with E-state index in [2.05, 4.69) is 11.4 Å². The van der Waals surface area contributed by atoms with Crippen molar-refractivity contribution in [3.63, 3.8) is 0 Å². The van der Waals surface area contributed by atoms with E-state index in [0.717, 1.165) is 16.7 Å². The Balaban J connectivity index is 1.77. The third-order valence-electron chi connectivity index (χ3n) is 4.93. The molecule has 1 N–H and O–H groups in total. The van der Waals surface area contributed by atoms with Crippen LogP contribution >= 0.6 is 0 Å².